The lowest BCUT2D eigenvalue weighted by atomic mass is 9.88. The highest BCUT2D eigenvalue weighted by Gasteiger charge is 2.18. The maximum absolute atomic E-state index is 5.92. The van der Waals surface area contributed by atoms with E-state index < -0.39 is 0 Å². The Balaban J connectivity index is 1.73. The van der Waals surface area contributed by atoms with E-state index in [4.69, 9.17) is 23.7 Å². The quantitative estimate of drug-likeness (QED) is 0.262. The molecule has 1 heterocycles. The van der Waals surface area contributed by atoms with Crippen molar-refractivity contribution in [2.45, 2.75) is 13.3 Å². The first kappa shape index (κ1) is 24.6. The molecule has 0 saturated carbocycles. The minimum absolute atomic E-state index is 0.217. The molecule has 1 aliphatic heterocycles. The lowest BCUT2D eigenvalue weighted by Crippen LogP contribution is -2.19. The van der Waals surface area contributed by atoms with Gasteiger partial charge in [-0.1, -0.05) is 37.3 Å². The van der Waals surface area contributed by atoms with Gasteiger partial charge in [0.1, 0.15) is 18.1 Å². The molecule has 1 aliphatic rings. The van der Waals surface area contributed by atoms with Crippen LogP contribution in [0.25, 0.3) is 11.1 Å². The van der Waals surface area contributed by atoms with Crippen LogP contribution >= 0.6 is 0 Å². The van der Waals surface area contributed by atoms with Crippen molar-refractivity contribution in [3.05, 3.63) is 83.4 Å². The minimum atomic E-state index is 0.217. The Morgan fingerprint density at radius 1 is 0.800 bits per heavy atom. The van der Waals surface area contributed by atoms with E-state index in [1.54, 1.807) is 7.11 Å². The van der Waals surface area contributed by atoms with Crippen LogP contribution in [0.2, 0.25) is 0 Å². The number of rotatable bonds is 11. The maximum atomic E-state index is 5.92. The van der Waals surface area contributed by atoms with Crippen LogP contribution in [-0.4, -0.2) is 52.8 Å². The molecule has 6 nitrogen and oxygen atoms in total. The molecule has 0 bridgehead atoms. The summed E-state index contributed by atoms with van der Waals surface area (Å²) in [6.07, 6.45) is 0.845. The summed E-state index contributed by atoms with van der Waals surface area (Å²) in [5, 5.41) is 0. The van der Waals surface area contributed by atoms with Gasteiger partial charge in [-0.3, -0.25) is 0 Å². The predicted octanol–water partition coefficient (Wildman–Crippen LogP) is 5.71. The number of fused-ring (bicyclic) bond motifs is 1. The van der Waals surface area contributed by atoms with Crippen molar-refractivity contribution < 1.29 is 23.7 Å². The summed E-state index contributed by atoms with van der Waals surface area (Å²) in [7, 11) is 5.69. The van der Waals surface area contributed by atoms with Crippen LogP contribution in [0.4, 0.5) is 0 Å². The van der Waals surface area contributed by atoms with Gasteiger partial charge in [0, 0.05) is 13.7 Å². The molecule has 4 rings (SSSR count). The summed E-state index contributed by atoms with van der Waals surface area (Å²) in [6, 6.07) is 22.6. The zero-order valence-electron chi connectivity index (χ0n) is 20.9. The fourth-order valence-electron chi connectivity index (χ4n) is 4.03. The lowest BCUT2D eigenvalue weighted by Gasteiger charge is -2.18. The normalized spacial score (nSPS) is 13.1. The molecule has 6 heteroatoms. The van der Waals surface area contributed by atoms with E-state index in [-0.39, 0.29) is 13.6 Å². The summed E-state index contributed by atoms with van der Waals surface area (Å²) < 4.78 is 27.7. The number of hydrogen-bond acceptors (Lipinski definition) is 6. The van der Waals surface area contributed by atoms with E-state index in [9.17, 15) is 0 Å². The van der Waals surface area contributed by atoms with Crippen molar-refractivity contribution in [3.63, 3.8) is 0 Å². The molecule has 0 spiro atoms. The summed E-state index contributed by atoms with van der Waals surface area (Å²) >= 11 is 0. The predicted molar refractivity (Wildman–Crippen MR) is 138 cm³/mol. The number of allylic oxidation sites excluding steroid dienone is 1. The number of benzene rings is 3. The maximum Gasteiger partial charge on any atom is 0.231 e. The Morgan fingerprint density at radius 2 is 1.40 bits per heavy atom. The molecule has 0 saturated heterocycles. The van der Waals surface area contributed by atoms with Crippen LogP contribution in [0.5, 0.6) is 23.0 Å². The second-order valence-corrected chi connectivity index (χ2v) is 8.53. The third-order valence-electron chi connectivity index (χ3n) is 5.81. The van der Waals surface area contributed by atoms with Gasteiger partial charge in [-0.2, -0.15) is 0 Å². The number of likely N-dealkylation sites (N-methyl/N-ethyl adjacent to an activating group) is 1. The second-order valence-electron chi connectivity index (χ2n) is 8.53. The Kier molecular flexibility index (Phi) is 8.29. The SMILES string of the molecule is CCC(=C(c1ccc(OCCN(C)C)cc1)c1ccc(OCOC)cc1)c1ccc2c(c1)OCO2. The van der Waals surface area contributed by atoms with Crippen molar-refractivity contribution >= 4 is 11.1 Å². The van der Waals surface area contributed by atoms with Crippen molar-refractivity contribution in [2.75, 3.05) is 47.9 Å². The molecule has 184 valence electrons. The van der Waals surface area contributed by atoms with Gasteiger partial charge in [0.15, 0.2) is 18.3 Å². The average Bonchev–Trinajstić information content (AvgIpc) is 3.35. The number of methoxy groups -OCH3 is 1. The fourth-order valence-corrected chi connectivity index (χ4v) is 4.03. The van der Waals surface area contributed by atoms with Crippen LogP contribution in [0.1, 0.15) is 30.0 Å². The molecule has 0 amide bonds. The Morgan fingerprint density at radius 3 is 2.00 bits per heavy atom. The van der Waals surface area contributed by atoms with Crippen LogP contribution in [-0.2, 0) is 4.74 Å². The fraction of sp³-hybridized carbons (Fsp3) is 0.310. The number of nitrogens with zero attached hydrogens (tertiary/aromatic N) is 1. The van der Waals surface area contributed by atoms with Crippen molar-refractivity contribution in [1.82, 2.24) is 4.90 Å². The zero-order chi connectivity index (χ0) is 24.6. The first-order valence-electron chi connectivity index (χ1n) is 11.8. The standard InChI is InChI=1S/C29H33NO5/c1-5-26(23-10-15-27-28(18-23)35-20-34-27)29(22-8-13-25(14-9-22)33-19-31-4)21-6-11-24(12-7-21)32-17-16-30(2)3/h6-15,18H,5,16-17,19-20H2,1-4H3. The van der Waals surface area contributed by atoms with E-state index >= 15 is 0 Å². The largest absolute Gasteiger partial charge is 0.492 e. The molecular weight excluding hydrogens is 442 g/mol. The molecule has 0 N–H and O–H groups in total. The molecule has 0 radical (unpaired) electrons. The van der Waals surface area contributed by atoms with E-state index in [0.717, 1.165) is 58.2 Å². The van der Waals surface area contributed by atoms with E-state index in [1.807, 2.05) is 44.4 Å². The number of ether oxygens (including phenoxy) is 5. The molecule has 3 aromatic carbocycles. The van der Waals surface area contributed by atoms with Gasteiger partial charge in [-0.05, 0) is 84.8 Å². The van der Waals surface area contributed by atoms with Crippen LogP contribution in [0, 0.1) is 0 Å². The van der Waals surface area contributed by atoms with Gasteiger partial charge in [0.05, 0.1) is 0 Å². The van der Waals surface area contributed by atoms with Gasteiger partial charge in [0.2, 0.25) is 6.79 Å². The van der Waals surface area contributed by atoms with E-state index in [1.165, 1.54) is 5.57 Å². The molecule has 0 fully saturated rings. The molecule has 3 aromatic rings. The lowest BCUT2D eigenvalue weighted by molar-refractivity contribution is 0.0511. The summed E-state index contributed by atoms with van der Waals surface area (Å²) in [5.41, 5.74) is 5.70. The zero-order valence-corrected chi connectivity index (χ0v) is 20.9. The van der Waals surface area contributed by atoms with Crippen molar-refractivity contribution in [2.24, 2.45) is 0 Å². The third kappa shape index (κ3) is 6.15. The minimum Gasteiger partial charge on any atom is -0.492 e. The second kappa shape index (κ2) is 11.8. The molecule has 0 atom stereocenters. The van der Waals surface area contributed by atoms with Gasteiger partial charge in [-0.25, -0.2) is 0 Å². The van der Waals surface area contributed by atoms with Crippen molar-refractivity contribution in [1.29, 1.82) is 0 Å². The monoisotopic (exact) mass is 475 g/mol. The molecule has 0 aliphatic carbocycles. The molecular formula is C29H33NO5. The topological polar surface area (TPSA) is 49.4 Å². The number of hydrogen-bond donors (Lipinski definition) is 0. The van der Waals surface area contributed by atoms with Crippen LogP contribution in [0.3, 0.4) is 0 Å². The first-order valence-corrected chi connectivity index (χ1v) is 11.8. The van der Waals surface area contributed by atoms with Gasteiger partial charge in [0.25, 0.3) is 0 Å². The van der Waals surface area contributed by atoms with Gasteiger partial charge < -0.3 is 28.6 Å². The Bertz CT molecular complexity index is 1140. The molecule has 0 unspecified atom stereocenters. The average molecular weight is 476 g/mol. The van der Waals surface area contributed by atoms with E-state index in [0.29, 0.717) is 6.61 Å². The van der Waals surface area contributed by atoms with Gasteiger partial charge >= 0.3 is 0 Å². The molecule has 0 aromatic heterocycles. The van der Waals surface area contributed by atoms with E-state index in [2.05, 4.69) is 48.2 Å². The van der Waals surface area contributed by atoms with Crippen LogP contribution < -0.4 is 18.9 Å². The Hall–Kier alpha value is -3.48. The highest BCUT2D eigenvalue weighted by molar-refractivity contribution is 5.99. The summed E-state index contributed by atoms with van der Waals surface area (Å²) in [6.45, 7) is 4.17. The first-order chi connectivity index (χ1) is 17.1. The molecule has 35 heavy (non-hydrogen) atoms. The summed E-state index contributed by atoms with van der Waals surface area (Å²) in [5.74, 6) is 3.19. The highest BCUT2D eigenvalue weighted by Crippen LogP contribution is 2.40. The third-order valence-corrected chi connectivity index (χ3v) is 5.81. The van der Waals surface area contributed by atoms with Crippen LogP contribution in [0.15, 0.2) is 66.7 Å². The smallest absolute Gasteiger partial charge is 0.231 e. The summed E-state index contributed by atoms with van der Waals surface area (Å²) in [4.78, 5) is 2.11. The van der Waals surface area contributed by atoms with Crippen molar-refractivity contribution in [3.8, 4) is 23.0 Å². The van der Waals surface area contributed by atoms with Gasteiger partial charge in [-0.15, -0.1) is 0 Å². The Labute approximate surface area is 207 Å². The highest BCUT2D eigenvalue weighted by atomic mass is 16.7.